The highest BCUT2D eigenvalue weighted by molar-refractivity contribution is 7.86. The van der Waals surface area contributed by atoms with Gasteiger partial charge < -0.3 is 9.47 Å². The summed E-state index contributed by atoms with van der Waals surface area (Å²) in [5, 5.41) is 0. The average Bonchev–Trinajstić information content (AvgIpc) is 2.72. The maximum Gasteiger partial charge on any atom is 0.338 e. The second kappa shape index (κ2) is 11.1. The first kappa shape index (κ1) is 27.4. The molecule has 2 N–H and O–H groups in total. The number of hydrogen-bond acceptors (Lipinski definition) is 8. The minimum absolute atomic E-state index is 0.240. The third-order valence-corrected chi connectivity index (χ3v) is 6.30. The minimum Gasteiger partial charge on any atom is -0.464 e. The van der Waals surface area contributed by atoms with E-state index in [1.54, 1.807) is 50.2 Å². The first-order chi connectivity index (χ1) is 15.7. The fourth-order valence-electron chi connectivity index (χ4n) is 2.89. The summed E-state index contributed by atoms with van der Waals surface area (Å²) in [5.74, 6) is -2.67. The summed E-state index contributed by atoms with van der Waals surface area (Å²) in [6, 6.07) is 13.7. The van der Waals surface area contributed by atoms with Gasteiger partial charge in [0.25, 0.3) is 20.2 Å². The van der Waals surface area contributed by atoms with Crippen LogP contribution in [0.1, 0.15) is 40.9 Å². The van der Waals surface area contributed by atoms with Crippen molar-refractivity contribution in [1.82, 2.24) is 0 Å². The highest BCUT2D eigenvalue weighted by Crippen LogP contribution is 2.26. The molecule has 0 aliphatic rings. The lowest BCUT2D eigenvalue weighted by Gasteiger charge is -2.23. The molecule has 186 valence electrons. The van der Waals surface area contributed by atoms with Crippen molar-refractivity contribution < 1.29 is 45.0 Å². The summed E-state index contributed by atoms with van der Waals surface area (Å²) in [6.45, 7) is 2.40. The lowest BCUT2D eigenvalue weighted by atomic mass is 9.84. The van der Waals surface area contributed by atoms with E-state index in [1.807, 2.05) is 12.1 Å². The van der Waals surface area contributed by atoms with Gasteiger partial charge in [-0.15, -0.1) is 0 Å². The maximum atomic E-state index is 12.4. The average molecular weight is 515 g/mol. The smallest absolute Gasteiger partial charge is 0.338 e. The Kier molecular flexibility index (Phi) is 8.95. The van der Waals surface area contributed by atoms with E-state index < -0.39 is 62.3 Å². The Labute approximate surface area is 198 Å². The normalized spacial score (nSPS) is 12.2. The molecule has 0 bridgehead atoms. The summed E-state index contributed by atoms with van der Waals surface area (Å²) in [4.78, 5) is 24.3. The molecule has 34 heavy (non-hydrogen) atoms. The second-order valence-corrected chi connectivity index (χ2v) is 11.2. The van der Waals surface area contributed by atoms with E-state index in [4.69, 9.17) is 18.6 Å². The fourth-order valence-corrected chi connectivity index (χ4v) is 3.48. The number of benzene rings is 2. The van der Waals surface area contributed by atoms with Gasteiger partial charge in [-0.25, -0.2) is 4.79 Å². The van der Waals surface area contributed by atoms with Crippen molar-refractivity contribution in [2.75, 3.05) is 24.7 Å². The van der Waals surface area contributed by atoms with Crippen LogP contribution >= 0.6 is 0 Å². The van der Waals surface area contributed by atoms with Crippen molar-refractivity contribution in [3.63, 3.8) is 0 Å². The molecule has 10 nitrogen and oxygen atoms in total. The zero-order valence-corrected chi connectivity index (χ0v) is 20.3. The van der Waals surface area contributed by atoms with Crippen molar-refractivity contribution in [1.29, 1.82) is 0 Å². The molecule has 0 saturated carbocycles. The first-order valence-electron chi connectivity index (χ1n) is 10.1. The molecule has 0 spiro atoms. The van der Waals surface area contributed by atoms with Crippen LogP contribution in [0.2, 0.25) is 0 Å². The number of carbonyl (C=O) groups is 2. The van der Waals surface area contributed by atoms with Crippen LogP contribution in [0, 0.1) is 0 Å². The van der Waals surface area contributed by atoms with Crippen LogP contribution in [0.5, 0.6) is 0 Å². The second-order valence-electron chi connectivity index (χ2n) is 8.04. The third kappa shape index (κ3) is 8.86. The quantitative estimate of drug-likeness (QED) is 0.335. The monoisotopic (exact) mass is 514 g/mol. The Bertz CT molecular complexity index is 1210. The molecule has 0 aromatic heterocycles. The van der Waals surface area contributed by atoms with Gasteiger partial charge in [0.05, 0.1) is 11.0 Å². The molecular formula is C22H26O10S2. The molecule has 0 heterocycles. The van der Waals surface area contributed by atoms with Crippen LogP contribution < -0.4 is 0 Å². The summed E-state index contributed by atoms with van der Waals surface area (Å²) in [7, 11) is -8.42. The van der Waals surface area contributed by atoms with Crippen LogP contribution in [-0.2, 0) is 46.3 Å². The summed E-state index contributed by atoms with van der Waals surface area (Å²) in [5.41, 5.74) is 1.70. The molecule has 0 radical (unpaired) electrons. The maximum absolute atomic E-state index is 12.4. The van der Waals surface area contributed by atoms with Gasteiger partial charge in [-0.2, -0.15) is 16.8 Å². The zero-order chi connectivity index (χ0) is 25.6. The highest BCUT2D eigenvalue weighted by Gasteiger charge is 2.31. The topological polar surface area (TPSA) is 161 Å². The van der Waals surface area contributed by atoms with Crippen molar-refractivity contribution >= 4 is 32.2 Å². The third-order valence-electron chi connectivity index (χ3n) is 4.93. The lowest BCUT2D eigenvalue weighted by Crippen LogP contribution is -2.32. The minimum atomic E-state index is -4.22. The van der Waals surface area contributed by atoms with Crippen LogP contribution in [0.3, 0.4) is 0 Å². The molecular weight excluding hydrogens is 488 g/mol. The van der Waals surface area contributed by atoms with Gasteiger partial charge in [-0.1, -0.05) is 36.4 Å². The number of hydrogen-bond donors (Lipinski definition) is 2. The lowest BCUT2D eigenvalue weighted by molar-refractivity contribution is -0.148. The van der Waals surface area contributed by atoms with E-state index >= 15 is 0 Å². The molecule has 12 heteroatoms. The summed E-state index contributed by atoms with van der Waals surface area (Å²) < 4.78 is 70.0. The predicted molar refractivity (Wildman–Crippen MR) is 123 cm³/mol. The van der Waals surface area contributed by atoms with Gasteiger partial charge in [0.15, 0.2) is 0 Å². The van der Waals surface area contributed by atoms with E-state index in [-0.39, 0.29) is 5.56 Å². The molecule has 0 atom stereocenters. The van der Waals surface area contributed by atoms with Crippen molar-refractivity contribution in [3.05, 3.63) is 70.8 Å². The number of ether oxygens (including phenoxy) is 2. The van der Waals surface area contributed by atoms with E-state index in [9.17, 15) is 26.4 Å². The van der Waals surface area contributed by atoms with E-state index in [2.05, 4.69) is 0 Å². The van der Waals surface area contributed by atoms with Crippen molar-refractivity contribution in [2.45, 2.75) is 25.7 Å². The Balaban J connectivity index is 1.96. The SMILES string of the molecule is CC(C)(C(=O)OCCS(=O)(=O)O)c1ccc(Cc2ccc(C(=O)OCCS(=O)(=O)O)cc2)cc1. The zero-order valence-electron chi connectivity index (χ0n) is 18.6. The Morgan fingerprint density at radius 1 is 0.765 bits per heavy atom. The predicted octanol–water partition coefficient (Wildman–Crippen LogP) is 2.03. The molecule has 0 fully saturated rings. The fraction of sp³-hybridized carbons (Fsp3) is 0.364. The van der Waals surface area contributed by atoms with Gasteiger partial charge >= 0.3 is 11.9 Å². The van der Waals surface area contributed by atoms with Crippen molar-refractivity contribution in [3.8, 4) is 0 Å². The molecule has 2 aromatic carbocycles. The standard InChI is InChI=1S/C22H26O10S2/c1-22(2,21(24)32-12-14-34(28,29)30)19-9-5-17(6-10-19)15-16-3-7-18(8-4-16)20(23)31-11-13-33(25,26)27/h3-10H,11-15H2,1-2H3,(H,25,26,27)(H,28,29,30). The number of rotatable bonds is 11. The molecule has 0 unspecified atom stereocenters. The van der Waals surface area contributed by atoms with Gasteiger partial charge in [-0.05, 0) is 49.1 Å². The van der Waals surface area contributed by atoms with Gasteiger partial charge in [-0.3, -0.25) is 13.9 Å². The highest BCUT2D eigenvalue weighted by atomic mass is 32.2. The molecule has 2 aromatic rings. The molecule has 2 rings (SSSR count). The largest absolute Gasteiger partial charge is 0.464 e. The van der Waals surface area contributed by atoms with Gasteiger partial charge in [0.2, 0.25) is 0 Å². The Morgan fingerprint density at radius 3 is 1.68 bits per heavy atom. The van der Waals surface area contributed by atoms with E-state index in [1.165, 1.54) is 0 Å². The van der Waals surface area contributed by atoms with Crippen LogP contribution in [-0.4, -0.2) is 62.6 Å². The molecule has 0 aliphatic carbocycles. The molecule has 0 saturated heterocycles. The first-order valence-corrected chi connectivity index (χ1v) is 13.3. The van der Waals surface area contributed by atoms with E-state index in [0.717, 1.165) is 11.1 Å². The van der Waals surface area contributed by atoms with Crippen molar-refractivity contribution in [2.24, 2.45) is 0 Å². The number of carbonyl (C=O) groups excluding carboxylic acids is 2. The van der Waals surface area contributed by atoms with Crippen LogP contribution in [0.15, 0.2) is 48.5 Å². The van der Waals surface area contributed by atoms with Gasteiger partial charge in [0.1, 0.15) is 24.7 Å². The Morgan fingerprint density at radius 2 is 1.21 bits per heavy atom. The molecule has 0 amide bonds. The molecule has 0 aliphatic heterocycles. The van der Waals surface area contributed by atoms with Gasteiger partial charge in [0, 0.05) is 0 Å². The Hall–Kier alpha value is -2.80. The summed E-state index contributed by atoms with van der Waals surface area (Å²) >= 11 is 0. The van der Waals surface area contributed by atoms with E-state index in [0.29, 0.717) is 12.0 Å². The van der Waals surface area contributed by atoms with Crippen LogP contribution in [0.25, 0.3) is 0 Å². The number of esters is 2. The summed E-state index contributed by atoms with van der Waals surface area (Å²) in [6.07, 6.45) is 0.539. The van der Waals surface area contributed by atoms with Crippen LogP contribution in [0.4, 0.5) is 0 Å².